The van der Waals surface area contributed by atoms with Gasteiger partial charge in [-0.05, 0) is 25.5 Å². The van der Waals surface area contributed by atoms with Crippen LogP contribution in [0.25, 0.3) is 0 Å². The van der Waals surface area contributed by atoms with Gasteiger partial charge < -0.3 is 4.74 Å². The van der Waals surface area contributed by atoms with Gasteiger partial charge in [0.15, 0.2) is 0 Å². The molecule has 0 heterocycles. The molecule has 0 N–H and O–H groups in total. The topological polar surface area (TPSA) is 9.23 Å². The van der Waals surface area contributed by atoms with Crippen molar-refractivity contribution in [2.75, 3.05) is 6.61 Å². The average Bonchev–Trinajstić information content (AvgIpc) is 1.95. The lowest BCUT2D eigenvalue weighted by atomic mass is 9.94. The monoisotopic (exact) mass is 146 g/mol. The van der Waals surface area contributed by atoms with Crippen molar-refractivity contribution in [3.8, 4) is 5.75 Å². The smallest absolute Gasteiger partial charge is 0.122 e. The van der Waals surface area contributed by atoms with Crippen molar-refractivity contribution >= 4 is 13.3 Å². The highest BCUT2D eigenvalue weighted by Gasteiger charge is 1.96. The van der Waals surface area contributed by atoms with Crippen LogP contribution < -0.4 is 10.2 Å². The van der Waals surface area contributed by atoms with Gasteiger partial charge >= 0.3 is 0 Å². The fourth-order valence-electron chi connectivity index (χ4n) is 0.990. The molecule has 0 saturated carbocycles. The molecule has 1 aromatic rings. The molecule has 0 fully saturated rings. The molecule has 0 unspecified atom stereocenters. The Kier molecular flexibility index (Phi) is 2.58. The maximum Gasteiger partial charge on any atom is 0.122 e. The van der Waals surface area contributed by atoms with Crippen molar-refractivity contribution in [3.05, 3.63) is 23.8 Å². The summed E-state index contributed by atoms with van der Waals surface area (Å²) in [4.78, 5) is 0. The van der Waals surface area contributed by atoms with Crippen molar-refractivity contribution in [2.24, 2.45) is 0 Å². The molecule has 1 rings (SSSR count). The minimum absolute atomic E-state index is 0.699. The summed E-state index contributed by atoms with van der Waals surface area (Å²) in [6, 6.07) is 5.65. The van der Waals surface area contributed by atoms with Crippen LogP contribution in [0.15, 0.2) is 18.2 Å². The lowest BCUT2D eigenvalue weighted by Gasteiger charge is -2.06. The lowest BCUT2D eigenvalue weighted by molar-refractivity contribution is 0.338. The van der Waals surface area contributed by atoms with E-state index in [2.05, 4.69) is 0 Å². The second kappa shape index (κ2) is 3.47. The number of hydrogen-bond acceptors (Lipinski definition) is 1. The van der Waals surface area contributed by atoms with Crippen molar-refractivity contribution in [2.45, 2.75) is 13.8 Å². The van der Waals surface area contributed by atoms with Crippen LogP contribution in [0.3, 0.4) is 0 Å². The summed E-state index contributed by atoms with van der Waals surface area (Å²) >= 11 is 0. The third kappa shape index (κ3) is 2.00. The number of aryl methyl sites for hydroxylation is 1. The van der Waals surface area contributed by atoms with Gasteiger partial charge in [0.25, 0.3) is 0 Å². The standard InChI is InChI=1S/C9H11BO/c1-3-11-9-5-4-8(10)6-7(9)2/h4-6H,3H2,1-2H3. The SMILES string of the molecule is [B]c1ccc(OCC)c(C)c1. The van der Waals surface area contributed by atoms with Gasteiger partial charge in [-0.25, -0.2) is 0 Å². The van der Waals surface area contributed by atoms with Crippen LogP contribution in [-0.2, 0) is 0 Å². The summed E-state index contributed by atoms with van der Waals surface area (Å²) < 4.78 is 5.34. The zero-order valence-electron chi connectivity index (χ0n) is 6.92. The largest absolute Gasteiger partial charge is 0.494 e. The van der Waals surface area contributed by atoms with Gasteiger partial charge in [-0.15, -0.1) is 0 Å². The fourth-order valence-corrected chi connectivity index (χ4v) is 0.990. The highest BCUT2D eigenvalue weighted by Crippen LogP contribution is 2.14. The maximum absolute atomic E-state index is 5.57. The average molecular weight is 146 g/mol. The van der Waals surface area contributed by atoms with E-state index in [0.717, 1.165) is 16.8 Å². The van der Waals surface area contributed by atoms with Crippen LogP contribution in [0.2, 0.25) is 0 Å². The fraction of sp³-hybridized carbons (Fsp3) is 0.333. The van der Waals surface area contributed by atoms with Crippen molar-refractivity contribution in [1.82, 2.24) is 0 Å². The molecule has 2 heteroatoms. The Hall–Kier alpha value is -0.915. The molecular formula is C9H11BO. The second-order valence-electron chi connectivity index (χ2n) is 2.46. The number of rotatable bonds is 2. The summed E-state index contributed by atoms with van der Waals surface area (Å²) in [5.74, 6) is 0.918. The highest BCUT2D eigenvalue weighted by atomic mass is 16.5. The predicted molar refractivity (Wildman–Crippen MR) is 47.7 cm³/mol. The zero-order valence-corrected chi connectivity index (χ0v) is 6.92. The van der Waals surface area contributed by atoms with E-state index in [1.165, 1.54) is 0 Å². The molecular weight excluding hydrogens is 135 g/mol. The Morgan fingerprint density at radius 3 is 2.73 bits per heavy atom. The van der Waals surface area contributed by atoms with E-state index < -0.39 is 0 Å². The van der Waals surface area contributed by atoms with E-state index in [1.807, 2.05) is 32.0 Å². The Labute approximate surface area is 68.8 Å². The minimum Gasteiger partial charge on any atom is -0.494 e. The molecule has 0 aliphatic heterocycles. The predicted octanol–water partition coefficient (Wildman–Crippen LogP) is 1.19. The van der Waals surface area contributed by atoms with Crippen LogP contribution in [-0.4, -0.2) is 14.5 Å². The molecule has 0 aliphatic carbocycles. The molecule has 0 amide bonds. The van der Waals surface area contributed by atoms with Gasteiger partial charge in [-0.2, -0.15) is 0 Å². The molecule has 0 spiro atoms. The number of benzene rings is 1. The second-order valence-corrected chi connectivity index (χ2v) is 2.46. The number of hydrogen-bond donors (Lipinski definition) is 0. The van der Waals surface area contributed by atoms with Gasteiger partial charge in [-0.1, -0.05) is 17.6 Å². The van der Waals surface area contributed by atoms with Gasteiger partial charge in [0.1, 0.15) is 13.6 Å². The van der Waals surface area contributed by atoms with E-state index in [-0.39, 0.29) is 0 Å². The van der Waals surface area contributed by atoms with Crippen LogP contribution in [0.1, 0.15) is 12.5 Å². The Morgan fingerprint density at radius 1 is 1.45 bits per heavy atom. The van der Waals surface area contributed by atoms with E-state index >= 15 is 0 Å². The third-order valence-electron chi connectivity index (χ3n) is 1.50. The van der Waals surface area contributed by atoms with Gasteiger partial charge in [0.05, 0.1) is 6.61 Å². The minimum atomic E-state index is 0.699. The molecule has 56 valence electrons. The van der Waals surface area contributed by atoms with Crippen LogP contribution in [0.4, 0.5) is 0 Å². The molecule has 1 aromatic carbocycles. The molecule has 0 atom stereocenters. The number of ether oxygens (including phenoxy) is 1. The normalized spacial score (nSPS) is 9.64. The summed E-state index contributed by atoms with van der Waals surface area (Å²) in [6.07, 6.45) is 0. The van der Waals surface area contributed by atoms with Crippen molar-refractivity contribution < 1.29 is 4.74 Å². The van der Waals surface area contributed by atoms with Gasteiger partial charge in [0, 0.05) is 0 Å². The molecule has 2 radical (unpaired) electrons. The third-order valence-corrected chi connectivity index (χ3v) is 1.50. The Bertz CT molecular complexity index is 245. The first kappa shape index (κ1) is 8.18. The van der Waals surface area contributed by atoms with Crippen molar-refractivity contribution in [1.29, 1.82) is 0 Å². The van der Waals surface area contributed by atoms with Crippen LogP contribution >= 0.6 is 0 Å². The first-order valence-electron chi connectivity index (χ1n) is 3.73. The van der Waals surface area contributed by atoms with Gasteiger partial charge in [0.2, 0.25) is 0 Å². The molecule has 1 nitrogen and oxygen atoms in total. The van der Waals surface area contributed by atoms with E-state index in [0.29, 0.717) is 6.61 Å². The first-order valence-corrected chi connectivity index (χ1v) is 3.73. The maximum atomic E-state index is 5.57. The van der Waals surface area contributed by atoms with E-state index in [1.54, 1.807) is 0 Å². The summed E-state index contributed by atoms with van der Waals surface area (Å²) in [6.45, 7) is 4.65. The first-order chi connectivity index (χ1) is 5.24. The van der Waals surface area contributed by atoms with E-state index in [4.69, 9.17) is 12.6 Å². The molecule has 0 aliphatic rings. The summed E-state index contributed by atoms with van der Waals surface area (Å²) in [5.41, 5.74) is 1.87. The highest BCUT2D eigenvalue weighted by molar-refractivity contribution is 6.32. The van der Waals surface area contributed by atoms with Crippen LogP contribution in [0.5, 0.6) is 5.75 Å². The summed E-state index contributed by atoms with van der Waals surface area (Å²) in [7, 11) is 5.57. The molecule has 0 aromatic heterocycles. The van der Waals surface area contributed by atoms with Crippen LogP contribution in [0, 0.1) is 6.92 Å². The lowest BCUT2D eigenvalue weighted by Crippen LogP contribution is -2.03. The van der Waals surface area contributed by atoms with Gasteiger partial charge in [-0.3, -0.25) is 0 Å². The van der Waals surface area contributed by atoms with Crippen molar-refractivity contribution in [3.63, 3.8) is 0 Å². The zero-order chi connectivity index (χ0) is 8.27. The van der Waals surface area contributed by atoms with E-state index in [9.17, 15) is 0 Å². The molecule has 11 heavy (non-hydrogen) atoms. The summed E-state index contributed by atoms with van der Waals surface area (Å²) in [5, 5.41) is 0. The molecule has 0 bridgehead atoms. The Morgan fingerprint density at radius 2 is 2.18 bits per heavy atom. The molecule has 0 saturated heterocycles. The quantitative estimate of drug-likeness (QED) is 0.569. The Balaban J connectivity index is 2.90.